The average molecular weight is 287 g/mol. The largest absolute Gasteiger partial charge is 0.377 e. The summed E-state index contributed by atoms with van der Waals surface area (Å²) >= 11 is 0. The first kappa shape index (κ1) is 14.7. The minimum atomic E-state index is -0.705. The van der Waals surface area contributed by atoms with Crippen molar-refractivity contribution in [3.8, 4) is 12.3 Å². The lowest BCUT2D eigenvalue weighted by atomic mass is 10.1. The number of non-ortho nitro benzene ring substituents is 1. The van der Waals surface area contributed by atoms with Crippen molar-refractivity contribution in [3.05, 3.63) is 40.3 Å². The molecule has 1 atom stereocenters. The fourth-order valence-electron chi connectivity index (χ4n) is 2.13. The Labute approximate surface area is 121 Å². The molecule has 5 nitrogen and oxygen atoms in total. The standard InChI is InChI=1S/C15H14FN3O2/c1-3-6-10(4-2)18-15-12(16)9-13(19(20)21)11-7-5-8-17-14(11)15/h1,5,7-10,18H,4,6H2,2H3. The summed E-state index contributed by atoms with van der Waals surface area (Å²) < 4.78 is 14.2. The van der Waals surface area contributed by atoms with E-state index in [2.05, 4.69) is 16.2 Å². The summed E-state index contributed by atoms with van der Waals surface area (Å²) in [6.45, 7) is 1.92. The molecule has 0 saturated heterocycles. The Morgan fingerprint density at radius 3 is 3.00 bits per heavy atom. The molecule has 2 aromatic rings. The molecule has 0 aliphatic heterocycles. The highest BCUT2D eigenvalue weighted by molar-refractivity contribution is 5.97. The molecule has 0 spiro atoms. The summed E-state index contributed by atoms with van der Waals surface area (Å²) in [6.07, 6.45) is 7.89. The van der Waals surface area contributed by atoms with Crippen molar-refractivity contribution in [2.45, 2.75) is 25.8 Å². The maximum atomic E-state index is 14.2. The van der Waals surface area contributed by atoms with Gasteiger partial charge in [0.2, 0.25) is 0 Å². The lowest BCUT2D eigenvalue weighted by Crippen LogP contribution is -2.19. The minimum absolute atomic E-state index is 0.115. The molecule has 0 saturated carbocycles. The first-order valence-corrected chi connectivity index (χ1v) is 6.50. The quantitative estimate of drug-likeness (QED) is 0.519. The van der Waals surface area contributed by atoms with Gasteiger partial charge >= 0.3 is 0 Å². The predicted octanol–water partition coefficient (Wildman–Crippen LogP) is 3.50. The van der Waals surface area contributed by atoms with Crippen molar-refractivity contribution in [2.24, 2.45) is 0 Å². The number of nitro groups is 1. The first-order valence-electron chi connectivity index (χ1n) is 6.50. The van der Waals surface area contributed by atoms with E-state index in [1.165, 1.54) is 6.20 Å². The molecule has 0 amide bonds. The number of nitrogens with one attached hydrogen (secondary N) is 1. The van der Waals surface area contributed by atoms with Crippen LogP contribution < -0.4 is 5.32 Å². The van der Waals surface area contributed by atoms with Crippen molar-refractivity contribution < 1.29 is 9.31 Å². The molecule has 21 heavy (non-hydrogen) atoms. The van der Waals surface area contributed by atoms with E-state index in [9.17, 15) is 14.5 Å². The Bertz CT molecular complexity index is 725. The van der Waals surface area contributed by atoms with Crippen molar-refractivity contribution in [1.82, 2.24) is 4.98 Å². The molecule has 0 bridgehead atoms. The molecule has 1 aromatic carbocycles. The molecular weight excluding hydrogens is 273 g/mol. The third kappa shape index (κ3) is 2.92. The number of anilines is 1. The molecule has 1 aromatic heterocycles. The monoisotopic (exact) mass is 287 g/mol. The molecule has 0 fully saturated rings. The predicted molar refractivity (Wildman–Crippen MR) is 79.5 cm³/mol. The Morgan fingerprint density at radius 1 is 1.62 bits per heavy atom. The first-order chi connectivity index (χ1) is 10.1. The van der Waals surface area contributed by atoms with Crippen molar-refractivity contribution >= 4 is 22.3 Å². The van der Waals surface area contributed by atoms with Gasteiger partial charge in [-0.3, -0.25) is 15.1 Å². The molecule has 0 radical (unpaired) electrons. The smallest absolute Gasteiger partial charge is 0.281 e. The van der Waals surface area contributed by atoms with E-state index in [1.807, 2.05) is 6.92 Å². The van der Waals surface area contributed by atoms with Crippen molar-refractivity contribution in [2.75, 3.05) is 5.32 Å². The van der Waals surface area contributed by atoms with E-state index in [4.69, 9.17) is 6.42 Å². The second-order valence-corrected chi connectivity index (χ2v) is 4.57. The van der Waals surface area contributed by atoms with Crippen LogP contribution in [0.4, 0.5) is 15.8 Å². The van der Waals surface area contributed by atoms with E-state index >= 15 is 0 Å². The lowest BCUT2D eigenvalue weighted by molar-refractivity contribution is -0.383. The summed E-state index contributed by atoms with van der Waals surface area (Å²) in [6, 6.07) is 3.92. The van der Waals surface area contributed by atoms with Crippen molar-refractivity contribution in [1.29, 1.82) is 0 Å². The van der Waals surface area contributed by atoms with Crippen LogP contribution in [-0.4, -0.2) is 15.9 Å². The molecule has 2 rings (SSSR count). The number of rotatable bonds is 5. The number of nitrogens with zero attached hydrogens (tertiary/aromatic N) is 2. The normalized spacial score (nSPS) is 11.9. The van der Waals surface area contributed by atoms with Crippen LogP contribution in [0.3, 0.4) is 0 Å². The highest BCUT2D eigenvalue weighted by Gasteiger charge is 2.21. The Morgan fingerprint density at radius 2 is 2.38 bits per heavy atom. The zero-order valence-corrected chi connectivity index (χ0v) is 11.5. The SMILES string of the molecule is C#CCC(CC)Nc1c(F)cc([N+](=O)[O-])c2cccnc12. The van der Waals surface area contributed by atoms with Gasteiger partial charge in [-0.05, 0) is 18.6 Å². The van der Waals surface area contributed by atoms with Crippen LogP contribution in [0.15, 0.2) is 24.4 Å². The Hall–Kier alpha value is -2.68. The average Bonchev–Trinajstić information content (AvgIpc) is 2.48. The molecule has 108 valence electrons. The van der Waals surface area contributed by atoms with Crippen LogP contribution in [0.5, 0.6) is 0 Å². The molecule has 1 N–H and O–H groups in total. The summed E-state index contributed by atoms with van der Waals surface area (Å²) in [5, 5.41) is 14.3. The van der Waals surface area contributed by atoms with Gasteiger partial charge in [-0.25, -0.2) is 4.39 Å². The third-order valence-electron chi connectivity index (χ3n) is 3.22. The fraction of sp³-hybridized carbons (Fsp3) is 0.267. The number of aromatic nitrogens is 1. The molecule has 0 aliphatic carbocycles. The summed E-state index contributed by atoms with van der Waals surface area (Å²) in [5.41, 5.74) is 0.0871. The topological polar surface area (TPSA) is 68.1 Å². The lowest BCUT2D eigenvalue weighted by Gasteiger charge is -2.17. The molecule has 6 heteroatoms. The van der Waals surface area contributed by atoms with E-state index in [0.717, 1.165) is 6.07 Å². The number of hydrogen-bond acceptors (Lipinski definition) is 4. The van der Waals surface area contributed by atoms with E-state index in [0.29, 0.717) is 18.2 Å². The molecule has 0 aliphatic rings. The zero-order valence-electron chi connectivity index (χ0n) is 11.5. The Kier molecular flexibility index (Phi) is 4.33. The maximum Gasteiger partial charge on any atom is 0.281 e. The number of hydrogen-bond donors (Lipinski definition) is 1. The van der Waals surface area contributed by atoms with Crippen LogP contribution in [0.2, 0.25) is 0 Å². The zero-order chi connectivity index (χ0) is 15.4. The number of pyridine rings is 1. The summed E-state index contributed by atoms with van der Waals surface area (Å²) in [7, 11) is 0. The Balaban J connectivity index is 2.59. The second-order valence-electron chi connectivity index (χ2n) is 4.57. The maximum absolute atomic E-state index is 14.2. The second kappa shape index (κ2) is 6.18. The highest BCUT2D eigenvalue weighted by Crippen LogP contribution is 2.33. The van der Waals surface area contributed by atoms with Gasteiger partial charge in [0.1, 0.15) is 5.52 Å². The summed E-state index contributed by atoms with van der Waals surface area (Å²) in [4.78, 5) is 14.5. The minimum Gasteiger partial charge on any atom is -0.377 e. The van der Waals surface area contributed by atoms with Crippen LogP contribution >= 0.6 is 0 Å². The van der Waals surface area contributed by atoms with Crippen molar-refractivity contribution in [3.63, 3.8) is 0 Å². The van der Waals surface area contributed by atoms with Crippen LogP contribution in [-0.2, 0) is 0 Å². The van der Waals surface area contributed by atoms with Gasteiger partial charge < -0.3 is 5.32 Å². The highest BCUT2D eigenvalue weighted by atomic mass is 19.1. The van der Waals surface area contributed by atoms with Gasteiger partial charge in [0.25, 0.3) is 5.69 Å². The van der Waals surface area contributed by atoms with E-state index < -0.39 is 10.7 Å². The van der Waals surface area contributed by atoms with Gasteiger partial charge in [-0.15, -0.1) is 12.3 Å². The van der Waals surface area contributed by atoms with Crippen LogP contribution in [0, 0.1) is 28.3 Å². The fourth-order valence-corrected chi connectivity index (χ4v) is 2.13. The van der Waals surface area contributed by atoms with Gasteiger partial charge in [-0.2, -0.15) is 0 Å². The van der Waals surface area contributed by atoms with Gasteiger partial charge in [0.05, 0.1) is 22.1 Å². The molecular formula is C15H14FN3O2. The number of nitro benzene ring substituents is 1. The molecule has 1 heterocycles. The van der Waals surface area contributed by atoms with Gasteiger partial charge in [0, 0.05) is 18.7 Å². The number of benzene rings is 1. The summed E-state index contributed by atoms with van der Waals surface area (Å²) in [5.74, 6) is 1.82. The van der Waals surface area contributed by atoms with Crippen LogP contribution in [0.1, 0.15) is 19.8 Å². The van der Waals surface area contributed by atoms with Gasteiger partial charge in [0.15, 0.2) is 5.82 Å². The number of halogens is 1. The number of fused-ring (bicyclic) bond motifs is 1. The van der Waals surface area contributed by atoms with E-state index in [1.54, 1.807) is 12.1 Å². The third-order valence-corrected chi connectivity index (χ3v) is 3.22. The number of terminal acetylenes is 1. The van der Waals surface area contributed by atoms with Gasteiger partial charge in [-0.1, -0.05) is 6.92 Å². The van der Waals surface area contributed by atoms with Crippen LogP contribution in [0.25, 0.3) is 10.9 Å². The van der Waals surface area contributed by atoms with E-state index in [-0.39, 0.29) is 22.9 Å². The molecule has 1 unspecified atom stereocenters.